The van der Waals surface area contributed by atoms with E-state index in [1.807, 2.05) is 0 Å². The number of nitrogens with one attached hydrogen (secondary N) is 1. The summed E-state index contributed by atoms with van der Waals surface area (Å²) in [6, 6.07) is 11.4. The van der Waals surface area contributed by atoms with E-state index in [0.717, 1.165) is 0 Å². The number of hydrogen-bond donors (Lipinski definition) is 1. The lowest BCUT2D eigenvalue weighted by Gasteiger charge is -2.09. The third kappa shape index (κ3) is 4.48. The Hall–Kier alpha value is -2.04. The molecule has 0 aliphatic rings. The standard InChI is InChI=1S/C16H13Cl2NO3/c1-10(20)11-2-5-13(6-3-11)22-9-16(21)19-15-7-4-12(17)8-14(15)18/h2-8H,9H2,1H3,(H,19,21). The predicted octanol–water partition coefficient (Wildman–Crippen LogP) is 4.21. The van der Waals surface area contributed by atoms with E-state index >= 15 is 0 Å². The van der Waals surface area contributed by atoms with Gasteiger partial charge in [0.15, 0.2) is 12.4 Å². The molecular weight excluding hydrogens is 325 g/mol. The van der Waals surface area contributed by atoms with Crippen molar-refractivity contribution in [2.75, 3.05) is 11.9 Å². The number of halogens is 2. The maximum absolute atomic E-state index is 11.8. The molecule has 2 aromatic carbocycles. The summed E-state index contributed by atoms with van der Waals surface area (Å²) in [5.74, 6) is 0.129. The van der Waals surface area contributed by atoms with Crippen molar-refractivity contribution < 1.29 is 14.3 Å². The van der Waals surface area contributed by atoms with E-state index in [9.17, 15) is 9.59 Å². The lowest BCUT2D eigenvalue weighted by atomic mass is 10.1. The molecule has 2 rings (SSSR count). The molecule has 0 atom stereocenters. The van der Waals surface area contributed by atoms with Gasteiger partial charge in [-0.3, -0.25) is 9.59 Å². The number of anilines is 1. The number of carbonyl (C=O) groups is 2. The highest BCUT2D eigenvalue weighted by Gasteiger charge is 2.07. The SMILES string of the molecule is CC(=O)c1ccc(OCC(=O)Nc2ccc(Cl)cc2Cl)cc1. The van der Waals surface area contributed by atoms with Crippen LogP contribution in [0.2, 0.25) is 10.0 Å². The summed E-state index contributed by atoms with van der Waals surface area (Å²) in [7, 11) is 0. The number of hydrogen-bond acceptors (Lipinski definition) is 3. The van der Waals surface area contributed by atoms with Crippen molar-refractivity contribution in [1.82, 2.24) is 0 Å². The molecule has 0 bridgehead atoms. The molecule has 0 spiro atoms. The van der Waals surface area contributed by atoms with Gasteiger partial charge in [0.05, 0.1) is 10.7 Å². The van der Waals surface area contributed by atoms with Crippen LogP contribution in [0.1, 0.15) is 17.3 Å². The Labute approximate surface area is 138 Å². The van der Waals surface area contributed by atoms with Crippen LogP contribution in [0.4, 0.5) is 5.69 Å². The first-order chi connectivity index (χ1) is 10.5. The van der Waals surface area contributed by atoms with E-state index in [4.69, 9.17) is 27.9 Å². The van der Waals surface area contributed by atoms with Crippen molar-refractivity contribution in [1.29, 1.82) is 0 Å². The van der Waals surface area contributed by atoms with Crippen LogP contribution in [0.3, 0.4) is 0 Å². The molecule has 1 amide bonds. The highest BCUT2D eigenvalue weighted by atomic mass is 35.5. The van der Waals surface area contributed by atoms with Crippen LogP contribution in [0.15, 0.2) is 42.5 Å². The van der Waals surface area contributed by atoms with Gasteiger partial charge in [0.2, 0.25) is 0 Å². The number of ketones is 1. The molecular formula is C16H13Cl2NO3. The van der Waals surface area contributed by atoms with E-state index in [-0.39, 0.29) is 18.3 Å². The summed E-state index contributed by atoms with van der Waals surface area (Å²) in [5, 5.41) is 3.47. The molecule has 0 saturated carbocycles. The number of carbonyl (C=O) groups excluding carboxylic acids is 2. The van der Waals surface area contributed by atoms with Gasteiger partial charge in [-0.25, -0.2) is 0 Å². The zero-order valence-electron chi connectivity index (χ0n) is 11.7. The van der Waals surface area contributed by atoms with E-state index in [1.54, 1.807) is 42.5 Å². The minimum absolute atomic E-state index is 0.0262. The van der Waals surface area contributed by atoms with E-state index in [0.29, 0.717) is 27.0 Å². The molecule has 4 nitrogen and oxygen atoms in total. The van der Waals surface area contributed by atoms with E-state index in [1.165, 1.54) is 6.92 Å². The molecule has 0 aromatic heterocycles. The second-order valence-corrected chi connectivity index (χ2v) is 5.39. The van der Waals surface area contributed by atoms with Crippen LogP contribution >= 0.6 is 23.2 Å². The van der Waals surface area contributed by atoms with E-state index in [2.05, 4.69) is 5.32 Å². The molecule has 0 heterocycles. The normalized spacial score (nSPS) is 10.1. The smallest absolute Gasteiger partial charge is 0.262 e. The van der Waals surface area contributed by atoms with Gasteiger partial charge in [-0.1, -0.05) is 23.2 Å². The first kappa shape index (κ1) is 16.3. The molecule has 0 aliphatic carbocycles. The first-order valence-corrected chi connectivity index (χ1v) is 7.20. The molecule has 6 heteroatoms. The van der Waals surface area contributed by atoms with Crippen molar-refractivity contribution in [2.24, 2.45) is 0 Å². The van der Waals surface area contributed by atoms with Gasteiger partial charge in [0.25, 0.3) is 5.91 Å². The zero-order chi connectivity index (χ0) is 16.1. The monoisotopic (exact) mass is 337 g/mol. The molecule has 0 radical (unpaired) electrons. The zero-order valence-corrected chi connectivity index (χ0v) is 13.2. The van der Waals surface area contributed by atoms with Crippen LogP contribution in [0, 0.1) is 0 Å². The summed E-state index contributed by atoms with van der Waals surface area (Å²) in [5.41, 5.74) is 1.05. The summed E-state index contributed by atoms with van der Waals surface area (Å²) < 4.78 is 5.35. The van der Waals surface area contributed by atoms with Gasteiger partial charge in [-0.2, -0.15) is 0 Å². The lowest BCUT2D eigenvalue weighted by Crippen LogP contribution is -2.20. The van der Waals surface area contributed by atoms with Crippen LogP contribution < -0.4 is 10.1 Å². The summed E-state index contributed by atoms with van der Waals surface area (Å²) in [6.45, 7) is 1.32. The number of ether oxygens (including phenoxy) is 1. The van der Waals surface area contributed by atoms with Crippen molar-refractivity contribution in [3.05, 3.63) is 58.1 Å². The van der Waals surface area contributed by atoms with Crippen LogP contribution in [-0.4, -0.2) is 18.3 Å². The predicted molar refractivity (Wildman–Crippen MR) is 87.0 cm³/mol. The minimum atomic E-state index is -0.347. The first-order valence-electron chi connectivity index (χ1n) is 6.44. The Kier molecular flexibility index (Phi) is 5.41. The Morgan fingerprint density at radius 1 is 1.09 bits per heavy atom. The molecule has 0 aliphatic heterocycles. The number of amides is 1. The molecule has 0 saturated heterocycles. The molecule has 0 unspecified atom stereocenters. The number of benzene rings is 2. The minimum Gasteiger partial charge on any atom is -0.484 e. The van der Waals surface area contributed by atoms with Crippen molar-refractivity contribution >= 4 is 40.6 Å². The average molecular weight is 338 g/mol. The number of Topliss-reactive ketones (excluding diaryl/α,β-unsaturated/α-hetero) is 1. The van der Waals surface area contributed by atoms with Crippen LogP contribution in [0.5, 0.6) is 5.75 Å². The van der Waals surface area contributed by atoms with Gasteiger partial charge in [-0.15, -0.1) is 0 Å². The fraction of sp³-hybridized carbons (Fsp3) is 0.125. The quantitative estimate of drug-likeness (QED) is 0.831. The van der Waals surface area contributed by atoms with Gasteiger partial charge < -0.3 is 10.1 Å². The maximum atomic E-state index is 11.8. The summed E-state index contributed by atoms with van der Waals surface area (Å²) in [6.07, 6.45) is 0. The summed E-state index contributed by atoms with van der Waals surface area (Å²) in [4.78, 5) is 23.0. The fourth-order valence-electron chi connectivity index (χ4n) is 1.71. The lowest BCUT2D eigenvalue weighted by molar-refractivity contribution is -0.118. The molecule has 1 N–H and O–H groups in total. The van der Waals surface area contributed by atoms with Gasteiger partial charge >= 0.3 is 0 Å². The van der Waals surface area contributed by atoms with Crippen molar-refractivity contribution in [3.8, 4) is 5.75 Å². The summed E-state index contributed by atoms with van der Waals surface area (Å²) >= 11 is 11.7. The Morgan fingerprint density at radius 2 is 1.77 bits per heavy atom. The third-order valence-electron chi connectivity index (χ3n) is 2.84. The molecule has 114 valence electrons. The van der Waals surface area contributed by atoms with Gasteiger partial charge in [0.1, 0.15) is 5.75 Å². The second-order valence-electron chi connectivity index (χ2n) is 4.54. The van der Waals surface area contributed by atoms with Crippen molar-refractivity contribution in [2.45, 2.75) is 6.92 Å². The maximum Gasteiger partial charge on any atom is 0.262 e. The number of rotatable bonds is 5. The van der Waals surface area contributed by atoms with Crippen molar-refractivity contribution in [3.63, 3.8) is 0 Å². The average Bonchev–Trinajstić information content (AvgIpc) is 2.48. The molecule has 2 aromatic rings. The van der Waals surface area contributed by atoms with Gasteiger partial charge in [-0.05, 0) is 49.4 Å². The van der Waals surface area contributed by atoms with E-state index < -0.39 is 0 Å². The Bertz CT molecular complexity index is 699. The largest absolute Gasteiger partial charge is 0.484 e. The van der Waals surface area contributed by atoms with Gasteiger partial charge in [0, 0.05) is 10.6 Å². The van der Waals surface area contributed by atoms with Crippen LogP contribution in [-0.2, 0) is 4.79 Å². The second kappa shape index (κ2) is 7.29. The van der Waals surface area contributed by atoms with Crippen LogP contribution in [0.25, 0.3) is 0 Å². The third-order valence-corrected chi connectivity index (χ3v) is 3.38. The molecule has 22 heavy (non-hydrogen) atoms. The Balaban J connectivity index is 1.91. The highest BCUT2D eigenvalue weighted by Crippen LogP contribution is 2.25. The highest BCUT2D eigenvalue weighted by molar-refractivity contribution is 6.36. The topological polar surface area (TPSA) is 55.4 Å². The molecule has 0 fully saturated rings. The fourth-order valence-corrected chi connectivity index (χ4v) is 2.17. The Morgan fingerprint density at radius 3 is 2.36 bits per heavy atom.